The van der Waals surface area contributed by atoms with Crippen molar-refractivity contribution < 1.29 is 23.5 Å². The normalized spacial score (nSPS) is 11.2. The summed E-state index contributed by atoms with van der Waals surface area (Å²) in [6, 6.07) is 13.2. The minimum Gasteiger partial charge on any atom is -0.494 e. The van der Waals surface area contributed by atoms with Crippen molar-refractivity contribution in [2.24, 2.45) is 7.05 Å². The molecule has 0 saturated carbocycles. The smallest absolute Gasteiger partial charge is 0.374 e. The molecule has 0 spiro atoms. The lowest BCUT2D eigenvalue weighted by atomic mass is 9.98. The van der Waals surface area contributed by atoms with Gasteiger partial charge in [0.1, 0.15) is 17.2 Å². The minimum absolute atomic E-state index is 0.0975. The third-order valence-corrected chi connectivity index (χ3v) is 8.35. The number of furan rings is 1. The second-order valence-electron chi connectivity index (χ2n) is 10.9. The van der Waals surface area contributed by atoms with Crippen LogP contribution in [0.1, 0.15) is 68.2 Å². The van der Waals surface area contributed by atoms with E-state index in [4.69, 9.17) is 25.5 Å². The molecular formula is C34H37ClN4O5. The van der Waals surface area contributed by atoms with E-state index in [0.717, 1.165) is 60.9 Å². The molecule has 2 N–H and O–H groups in total. The summed E-state index contributed by atoms with van der Waals surface area (Å²) in [6.45, 7) is 10.5. The quantitative estimate of drug-likeness (QED) is 0.120. The first-order valence-electron chi connectivity index (χ1n) is 14.7. The van der Waals surface area contributed by atoms with E-state index < -0.39 is 5.97 Å². The van der Waals surface area contributed by atoms with Crippen molar-refractivity contribution in [3.8, 4) is 16.9 Å². The topological polar surface area (TPSA) is 111 Å². The lowest BCUT2D eigenvalue weighted by Crippen LogP contribution is -2.24. The van der Waals surface area contributed by atoms with Crippen LogP contribution in [0.25, 0.3) is 22.0 Å². The number of para-hydroxylation sites is 1. The van der Waals surface area contributed by atoms with Crippen molar-refractivity contribution in [2.75, 3.05) is 13.2 Å². The summed E-state index contributed by atoms with van der Waals surface area (Å²) in [5.41, 5.74) is 8.16. The van der Waals surface area contributed by atoms with Crippen LogP contribution in [0.15, 0.2) is 46.9 Å². The van der Waals surface area contributed by atoms with Crippen LogP contribution in [0, 0.1) is 27.7 Å². The van der Waals surface area contributed by atoms with Crippen LogP contribution in [0.4, 0.5) is 0 Å². The van der Waals surface area contributed by atoms with E-state index >= 15 is 0 Å². The summed E-state index contributed by atoms with van der Waals surface area (Å²) in [5, 5.41) is 9.27. The molecule has 2 aromatic carbocycles. The Balaban J connectivity index is 1.42. The number of hydrogen-bond acceptors (Lipinski definition) is 6. The van der Waals surface area contributed by atoms with Gasteiger partial charge in [0.2, 0.25) is 5.76 Å². The number of carbonyl (C=O) groups is 2. The molecular weight excluding hydrogens is 580 g/mol. The zero-order valence-electron chi connectivity index (χ0n) is 25.9. The predicted octanol–water partition coefficient (Wildman–Crippen LogP) is 7.17. The molecule has 230 valence electrons. The average Bonchev–Trinajstić information content (AvgIpc) is 3.68. The number of aromatic nitrogens is 3. The van der Waals surface area contributed by atoms with Gasteiger partial charge in [0, 0.05) is 34.3 Å². The van der Waals surface area contributed by atoms with Crippen molar-refractivity contribution in [1.82, 2.24) is 20.1 Å². The highest BCUT2D eigenvalue weighted by Gasteiger charge is 2.22. The number of rotatable bonds is 11. The molecule has 1 amide bonds. The number of nitrogens with zero attached hydrogens (tertiary/aromatic N) is 2. The summed E-state index contributed by atoms with van der Waals surface area (Å²) in [7, 11) is 1.93. The zero-order valence-corrected chi connectivity index (χ0v) is 26.6. The van der Waals surface area contributed by atoms with Crippen molar-refractivity contribution in [3.63, 3.8) is 0 Å². The summed E-state index contributed by atoms with van der Waals surface area (Å²) in [5.74, 6) is 0.499. The van der Waals surface area contributed by atoms with E-state index in [-0.39, 0.29) is 24.8 Å². The van der Waals surface area contributed by atoms with Gasteiger partial charge in [-0.1, -0.05) is 29.8 Å². The van der Waals surface area contributed by atoms with E-state index in [1.165, 1.54) is 0 Å². The number of carbonyl (C=O) groups excluding carboxylic acids is 2. The van der Waals surface area contributed by atoms with E-state index in [1.54, 1.807) is 19.1 Å². The summed E-state index contributed by atoms with van der Waals surface area (Å²) in [6.07, 6.45) is 1.29. The second-order valence-corrected chi connectivity index (χ2v) is 11.2. The van der Waals surface area contributed by atoms with E-state index in [9.17, 15) is 9.59 Å². The van der Waals surface area contributed by atoms with Crippen molar-refractivity contribution in [1.29, 1.82) is 0 Å². The highest BCUT2D eigenvalue weighted by atomic mass is 35.5. The molecule has 0 bridgehead atoms. The van der Waals surface area contributed by atoms with Crippen LogP contribution in [-0.2, 0) is 24.8 Å². The van der Waals surface area contributed by atoms with Crippen LogP contribution in [0.2, 0.25) is 5.02 Å². The predicted molar refractivity (Wildman–Crippen MR) is 171 cm³/mol. The molecule has 0 radical (unpaired) electrons. The number of ether oxygens (including phenoxy) is 2. The number of halogens is 1. The second kappa shape index (κ2) is 13.0. The van der Waals surface area contributed by atoms with Gasteiger partial charge in [0.15, 0.2) is 0 Å². The van der Waals surface area contributed by atoms with Gasteiger partial charge in [0.05, 0.1) is 31.0 Å². The maximum atomic E-state index is 13.7. The van der Waals surface area contributed by atoms with Crippen molar-refractivity contribution >= 4 is 34.4 Å². The molecule has 0 aliphatic carbocycles. The number of aryl methyl sites for hydroxylation is 5. The van der Waals surface area contributed by atoms with Crippen molar-refractivity contribution in [3.05, 3.63) is 92.8 Å². The van der Waals surface area contributed by atoms with E-state index in [0.29, 0.717) is 30.9 Å². The van der Waals surface area contributed by atoms with Gasteiger partial charge in [-0.05, 0) is 88.4 Å². The lowest BCUT2D eigenvalue weighted by Gasteiger charge is -2.10. The van der Waals surface area contributed by atoms with Gasteiger partial charge < -0.3 is 24.2 Å². The Labute approximate surface area is 261 Å². The molecule has 3 heterocycles. The fourth-order valence-electron chi connectivity index (χ4n) is 5.57. The molecule has 5 aromatic rings. The van der Waals surface area contributed by atoms with Crippen LogP contribution < -0.4 is 10.1 Å². The van der Waals surface area contributed by atoms with Gasteiger partial charge in [-0.25, -0.2) is 4.79 Å². The summed E-state index contributed by atoms with van der Waals surface area (Å²) < 4.78 is 18.5. The van der Waals surface area contributed by atoms with Crippen LogP contribution in [0.5, 0.6) is 5.75 Å². The Bertz CT molecular complexity index is 1820. The first-order valence-corrected chi connectivity index (χ1v) is 15.0. The molecule has 0 atom stereocenters. The number of esters is 1. The van der Waals surface area contributed by atoms with Gasteiger partial charge >= 0.3 is 5.97 Å². The number of hydrogen-bond donors (Lipinski definition) is 2. The van der Waals surface area contributed by atoms with E-state index in [1.807, 2.05) is 63.7 Å². The highest BCUT2D eigenvalue weighted by molar-refractivity contribution is 6.32. The molecule has 0 fully saturated rings. The Kier molecular flexibility index (Phi) is 9.15. The molecule has 44 heavy (non-hydrogen) atoms. The number of benzene rings is 2. The largest absolute Gasteiger partial charge is 0.494 e. The number of H-pyrrole nitrogens is 1. The van der Waals surface area contributed by atoms with Gasteiger partial charge in [-0.3, -0.25) is 9.48 Å². The average molecular weight is 617 g/mol. The summed E-state index contributed by atoms with van der Waals surface area (Å²) >= 11 is 6.32. The Morgan fingerprint density at radius 1 is 1.09 bits per heavy atom. The first kappa shape index (κ1) is 30.9. The fourth-order valence-corrected chi connectivity index (χ4v) is 5.68. The van der Waals surface area contributed by atoms with E-state index in [2.05, 4.69) is 21.5 Å². The molecule has 9 nitrogen and oxygen atoms in total. The van der Waals surface area contributed by atoms with Crippen LogP contribution in [-0.4, -0.2) is 39.9 Å². The molecule has 0 aliphatic rings. The van der Waals surface area contributed by atoms with Gasteiger partial charge in [-0.15, -0.1) is 0 Å². The van der Waals surface area contributed by atoms with Crippen LogP contribution in [0.3, 0.4) is 0 Å². The van der Waals surface area contributed by atoms with Crippen LogP contribution >= 0.6 is 11.6 Å². The first-order chi connectivity index (χ1) is 21.1. The lowest BCUT2D eigenvalue weighted by molar-refractivity contribution is 0.0488. The standard InChI is InChI=1S/C34H37ClN4O5/c1-7-42-34(41)28-14-13-23(44-28)18-36-33(40)32-26(12-9-15-43-24-16-19(2)30(35)20(3)17-24)25-10-8-11-27(31(25)37-32)29-21(4)38-39(6)22(29)5/h8,10-11,13-14,16-17,37H,7,9,12,15,18H2,1-6H3,(H,36,40). The molecule has 0 saturated heterocycles. The fraction of sp³-hybridized carbons (Fsp3) is 0.324. The van der Waals surface area contributed by atoms with Gasteiger partial charge in [0.25, 0.3) is 5.91 Å². The molecule has 0 unspecified atom stereocenters. The summed E-state index contributed by atoms with van der Waals surface area (Å²) in [4.78, 5) is 29.1. The number of aromatic amines is 1. The molecule has 10 heteroatoms. The number of fused-ring (bicyclic) bond motifs is 1. The number of nitrogens with one attached hydrogen (secondary N) is 2. The molecule has 5 rings (SSSR count). The molecule has 0 aliphatic heterocycles. The highest BCUT2D eigenvalue weighted by Crippen LogP contribution is 2.35. The Morgan fingerprint density at radius 2 is 1.84 bits per heavy atom. The number of amides is 1. The Morgan fingerprint density at radius 3 is 2.52 bits per heavy atom. The zero-order chi connectivity index (χ0) is 31.5. The third kappa shape index (κ3) is 6.24. The van der Waals surface area contributed by atoms with Crippen molar-refractivity contribution in [2.45, 2.75) is 54.0 Å². The van der Waals surface area contributed by atoms with Gasteiger partial charge in [-0.2, -0.15) is 5.10 Å². The third-order valence-electron chi connectivity index (χ3n) is 7.76. The maximum absolute atomic E-state index is 13.7. The molecule has 3 aromatic heterocycles. The minimum atomic E-state index is -0.539. The Hall–Kier alpha value is -4.50. The maximum Gasteiger partial charge on any atom is 0.374 e. The SMILES string of the molecule is CCOC(=O)c1ccc(CNC(=O)c2[nH]c3c(-c4c(C)nn(C)c4C)cccc3c2CCCOc2cc(C)c(Cl)c(C)c2)o1. The monoisotopic (exact) mass is 616 g/mol.